The van der Waals surface area contributed by atoms with E-state index in [0.29, 0.717) is 5.69 Å². The Bertz CT molecular complexity index is 826. The molecule has 1 heterocycles. The van der Waals surface area contributed by atoms with Crippen LogP contribution in [0.25, 0.3) is 10.9 Å². The number of H-pyrrole nitrogens is 1. The summed E-state index contributed by atoms with van der Waals surface area (Å²) in [6.07, 6.45) is 0. The predicted octanol–water partition coefficient (Wildman–Crippen LogP) is 4.11. The van der Waals surface area contributed by atoms with Crippen molar-refractivity contribution in [2.24, 2.45) is 0 Å². The topological polar surface area (TPSA) is 51.3 Å². The molecule has 1 aromatic heterocycles. The van der Waals surface area contributed by atoms with Crippen LogP contribution in [0.15, 0.2) is 58.3 Å². The van der Waals surface area contributed by atoms with Gasteiger partial charge in [0.1, 0.15) is 11.4 Å². The van der Waals surface area contributed by atoms with Gasteiger partial charge < -0.3 is 14.5 Å². The molecular weight excluding hydrogens is 298 g/mol. The van der Waals surface area contributed by atoms with Gasteiger partial charge in [0.25, 0.3) is 0 Å². The van der Waals surface area contributed by atoms with Crippen LogP contribution in [0.1, 0.15) is 10.5 Å². The van der Waals surface area contributed by atoms with Gasteiger partial charge in [-0.3, -0.25) is 0 Å². The Balaban J connectivity index is 2.09. The maximum Gasteiger partial charge on any atom is 0.355 e. The summed E-state index contributed by atoms with van der Waals surface area (Å²) in [6, 6.07) is 15.5. The number of fused-ring (bicyclic) bond motifs is 1. The van der Waals surface area contributed by atoms with E-state index in [9.17, 15) is 4.79 Å². The van der Waals surface area contributed by atoms with Crippen molar-refractivity contribution in [1.29, 1.82) is 0 Å². The zero-order chi connectivity index (χ0) is 15.5. The average Bonchev–Trinajstić information content (AvgIpc) is 2.93. The Labute approximate surface area is 132 Å². The SMILES string of the molecule is COC(=O)c1[nH]c2ccccc2c1Sc1cccc(OC)c1. The molecule has 3 aromatic rings. The van der Waals surface area contributed by atoms with Crippen molar-refractivity contribution < 1.29 is 14.3 Å². The third-order valence-corrected chi connectivity index (χ3v) is 4.43. The number of carbonyl (C=O) groups is 1. The molecule has 0 atom stereocenters. The highest BCUT2D eigenvalue weighted by molar-refractivity contribution is 7.99. The fourth-order valence-electron chi connectivity index (χ4n) is 2.25. The number of esters is 1. The van der Waals surface area contributed by atoms with Crippen LogP contribution in [0.2, 0.25) is 0 Å². The Kier molecular flexibility index (Phi) is 4.06. The van der Waals surface area contributed by atoms with Crippen molar-refractivity contribution in [2.45, 2.75) is 9.79 Å². The summed E-state index contributed by atoms with van der Waals surface area (Å²) in [5.41, 5.74) is 1.38. The molecule has 1 N–H and O–H groups in total. The summed E-state index contributed by atoms with van der Waals surface area (Å²) in [5, 5.41) is 0.996. The van der Waals surface area contributed by atoms with Gasteiger partial charge in [-0.05, 0) is 24.3 Å². The summed E-state index contributed by atoms with van der Waals surface area (Å²) in [5.74, 6) is 0.408. The molecule has 0 aliphatic heterocycles. The van der Waals surface area contributed by atoms with Gasteiger partial charge in [0.05, 0.1) is 19.1 Å². The molecule has 112 valence electrons. The van der Waals surface area contributed by atoms with Gasteiger partial charge in [-0.25, -0.2) is 4.79 Å². The number of ether oxygens (including phenoxy) is 2. The molecule has 0 spiro atoms. The zero-order valence-electron chi connectivity index (χ0n) is 12.3. The fourth-order valence-corrected chi connectivity index (χ4v) is 3.33. The minimum atomic E-state index is -0.374. The van der Waals surface area contributed by atoms with Crippen LogP contribution in [0.4, 0.5) is 0 Å². The number of aromatic nitrogens is 1. The van der Waals surface area contributed by atoms with E-state index in [1.54, 1.807) is 7.11 Å². The quantitative estimate of drug-likeness (QED) is 0.736. The summed E-state index contributed by atoms with van der Waals surface area (Å²) in [6.45, 7) is 0. The second-order valence-electron chi connectivity index (χ2n) is 4.65. The lowest BCUT2D eigenvalue weighted by Crippen LogP contribution is -2.02. The molecule has 3 rings (SSSR count). The number of methoxy groups -OCH3 is 2. The van der Waals surface area contributed by atoms with Crippen molar-refractivity contribution >= 4 is 28.6 Å². The molecule has 5 heteroatoms. The van der Waals surface area contributed by atoms with E-state index in [2.05, 4.69) is 4.98 Å². The first kappa shape index (κ1) is 14.5. The number of benzene rings is 2. The van der Waals surface area contributed by atoms with E-state index >= 15 is 0 Å². The number of nitrogens with one attached hydrogen (secondary N) is 1. The standard InChI is InChI=1S/C17H15NO3S/c1-20-11-6-5-7-12(10-11)22-16-13-8-3-4-9-14(13)18-15(16)17(19)21-2/h3-10,18H,1-2H3. The molecule has 0 unspecified atom stereocenters. The first-order chi connectivity index (χ1) is 10.7. The van der Waals surface area contributed by atoms with Crippen LogP contribution in [0, 0.1) is 0 Å². The van der Waals surface area contributed by atoms with E-state index < -0.39 is 0 Å². The molecule has 22 heavy (non-hydrogen) atoms. The highest BCUT2D eigenvalue weighted by atomic mass is 32.2. The molecule has 0 fully saturated rings. The molecule has 4 nitrogen and oxygen atoms in total. The van der Waals surface area contributed by atoms with Gasteiger partial charge in [-0.15, -0.1) is 0 Å². The Morgan fingerprint density at radius 1 is 1.09 bits per heavy atom. The number of rotatable bonds is 4. The first-order valence-electron chi connectivity index (χ1n) is 6.74. The fraction of sp³-hybridized carbons (Fsp3) is 0.118. The van der Waals surface area contributed by atoms with Gasteiger partial charge >= 0.3 is 5.97 Å². The number of hydrogen-bond donors (Lipinski definition) is 1. The third-order valence-electron chi connectivity index (χ3n) is 3.31. The molecule has 0 saturated heterocycles. The predicted molar refractivity (Wildman–Crippen MR) is 86.8 cm³/mol. The number of hydrogen-bond acceptors (Lipinski definition) is 4. The Morgan fingerprint density at radius 3 is 2.68 bits per heavy atom. The van der Waals surface area contributed by atoms with E-state index in [1.807, 2.05) is 48.5 Å². The number of aromatic amines is 1. The van der Waals surface area contributed by atoms with Crippen LogP contribution in [-0.2, 0) is 4.74 Å². The lowest BCUT2D eigenvalue weighted by molar-refractivity contribution is 0.0591. The van der Waals surface area contributed by atoms with Crippen molar-refractivity contribution in [3.8, 4) is 5.75 Å². The lowest BCUT2D eigenvalue weighted by atomic mass is 10.2. The minimum Gasteiger partial charge on any atom is -0.497 e. The normalized spacial score (nSPS) is 10.6. The van der Waals surface area contributed by atoms with Crippen molar-refractivity contribution in [3.05, 3.63) is 54.2 Å². The summed E-state index contributed by atoms with van der Waals surface area (Å²) in [7, 11) is 3.02. The molecule has 0 saturated carbocycles. The molecule has 0 aliphatic rings. The molecular formula is C17H15NO3S. The van der Waals surface area contributed by atoms with Gasteiger partial charge in [0.2, 0.25) is 0 Å². The second-order valence-corrected chi connectivity index (χ2v) is 5.73. The van der Waals surface area contributed by atoms with Crippen molar-refractivity contribution in [3.63, 3.8) is 0 Å². The summed E-state index contributed by atoms with van der Waals surface area (Å²) in [4.78, 5) is 17.0. The Hall–Kier alpha value is -2.40. The van der Waals surface area contributed by atoms with Gasteiger partial charge in [0.15, 0.2) is 0 Å². The van der Waals surface area contributed by atoms with Crippen LogP contribution >= 0.6 is 11.8 Å². The molecule has 2 aromatic carbocycles. The summed E-state index contributed by atoms with van der Waals surface area (Å²) >= 11 is 1.51. The molecule has 0 radical (unpaired) electrons. The Morgan fingerprint density at radius 2 is 1.91 bits per heavy atom. The van der Waals surface area contributed by atoms with Crippen LogP contribution in [0.3, 0.4) is 0 Å². The lowest BCUT2D eigenvalue weighted by Gasteiger charge is -2.05. The van der Waals surface area contributed by atoms with E-state index in [-0.39, 0.29) is 5.97 Å². The maximum atomic E-state index is 12.0. The number of para-hydroxylation sites is 1. The maximum absolute atomic E-state index is 12.0. The monoisotopic (exact) mass is 313 g/mol. The number of carbonyl (C=O) groups excluding carboxylic acids is 1. The molecule has 0 aliphatic carbocycles. The molecule has 0 amide bonds. The van der Waals surface area contributed by atoms with Crippen molar-refractivity contribution in [1.82, 2.24) is 4.98 Å². The largest absolute Gasteiger partial charge is 0.497 e. The van der Waals surface area contributed by atoms with E-state index in [4.69, 9.17) is 9.47 Å². The van der Waals surface area contributed by atoms with E-state index in [0.717, 1.165) is 26.4 Å². The molecule has 0 bridgehead atoms. The highest BCUT2D eigenvalue weighted by Gasteiger charge is 2.19. The minimum absolute atomic E-state index is 0.374. The van der Waals surface area contributed by atoms with Crippen LogP contribution < -0.4 is 4.74 Å². The van der Waals surface area contributed by atoms with Gasteiger partial charge in [0, 0.05) is 15.8 Å². The average molecular weight is 313 g/mol. The highest BCUT2D eigenvalue weighted by Crippen LogP contribution is 2.37. The zero-order valence-corrected chi connectivity index (χ0v) is 13.1. The van der Waals surface area contributed by atoms with Crippen LogP contribution in [0.5, 0.6) is 5.75 Å². The van der Waals surface area contributed by atoms with Crippen molar-refractivity contribution in [2.75, 3.05) is 14.2 Å². The first-order valence-corrected chi connectivity index (χ1v) is 7.55. The van der Waals surface area contributed by atoms with Gasteiger partial charge in [-0.2, -0.15) is 0 Å². The summed E-state index contributed by atoms with van der Waals surface area (Å²) < 4.78 is 10.1. The smallest absolute Gasteiger partial charge is 0.355 e. The van der Waals surface area contributed by atoms with E-state index in [1.165, 1.54) is 18.9 Å². The third kappa shape index (κ3) is 2.67. The second kappa shape index (κ2) is 6.15. The van der Waals surface area contributed by atoms with Crippen LogP contribution in [-0.4, -0.2) is 25.2 Å². The van der Waals surface area contributed by atoms with Gasteiger partial charge in [-0.1, -0.05) is 36.0 Å².